The van der Waals surface area contributed by atoms with Crippen molar-refractivity contribution in [3.05, 3.63) is 107 Å². The van der Waals surface area contributed by atoms with Crippen LogP contribution in [0.15, 0.2) is 84.2 Å². The van der Waals surface area contributed by atoms with E-state index in [-0.39, 0.29) is 35.5 Å². The molecule has 1 aliphatic rings. The number of carbonyl (C=O) groups is 1. The van der Waals surface area contributed by atoms with E-state index in [0.29, 0.717) is 18.9 Å². The Morgan fingerprint density at radius 2 is 1.61 bits per heavy atom. The van der Waals surface area contributed by atoms with Crippen molar-refractivity contribution in [2.75, 3.05) is 13.1 Å². The van der Waals surface area contributed by atoms with Gasteiger partial charge in [0.1, 0.15) is 17.2 Å². The average molecular weight is 626 g/mol. The molecule has 0 unspecified atom stereocenters. The van der Waals surface area contributed by atoms with Crippen molar-refractivity contribution < 1.29 is 18.3 Å². The van der Waals surface area contributed by atoms with Gasteiger partial charge in [-0.15, -0.1) is 0 Å². The molecule has 0 radical (unpaired) electrons. The van der Waals surface area contributed by atoms with Gasteiger partial charge in [0.05, 0.1) is 24.5 Å². The molecule has 0 N–H and O–H groups in total. The van der Waals surface area contributed by atoms with Gasteiger partial charge in [-0.3, -0.25) is 9.48 Å². The van der Waals surface area contributed by atoms with Crippen molar-refractivity contribution in [1.82, 2.24) is 34.4 Å². The highest BCUT2D eigenvalue weighted by Crippen LogP contribution is 2.27. The van der Waals surface area contributed by atoms with Crippen LogP contribution in [0.1, 0.15) is 45.2 Å². The summed E-state index contributed by atoms with van der Waals surface area (Å²) in [6.45, 7) is 6.95. The number of nitrogens with zero attached hydrogens (tertiary/aromatic N) is 7. The molecule has 1 aliphatic heterocycles. The number of piperidine rings is 1. The second-order valence-corrected chi connectivity index (χ2v) is 12.3. The molecule has 0 saturated carbocycles. The summed E-state index contributed by atoms with van der Waals surface area (Å²) in [5, 5.41) is 8.91. The number of carbonyl (C=O) groups excluding carboxylic acids is 1. The van der Waals surface area contributed by atoms with E-state index in [1.165, 1.54) is 28.9 Å². The SMILES string of the molecule is CC(C)(C)OC(=O)N1CCC(n2cc(-c3cnc(-c4cccc(Cn5nc(-c6cc(F)cc(F)c6)ccc5=O)c4)nc3)cn2)CC1. The summed E-state index contributed by atoms with van der Waals surface area (Å²) in [5.41, 5.74) is 2.89. The highest BCUT2D eigenvalue weighted by atomic mass is 19.1. The highest BCUT2D eigenvalue weighted by Gasteiger charge is 2.28. The molecule has 236 valence electrons. The fraction of sp³-hybridized carbons (Fsp3) is 0.294. The summed E-state index contributed by atoms with van der Waals surface area (Å²) in [5.74, 6) is -0.934. The van der Waals surface area contributed by atoms with Crippen LogP contribution in [0.2, 0.25) is 0 Å². The van der Waals surface area contributed by atoms with E-state index in [2.05, 4.69) is 20.2 Å². The molecule has 2 aromatic carbocycles. The Bertz CT molecular complexity index is 1900. The van der Waals surface area contributed by atoms with Gasteiger partial charge in [-0.1, -0.05) is 18.2 Å². The number of hydrogen-bond donors (Lipinski definition) is 0. The van der Waals surface area contributed by atoms with Crippen molar-refractivity contribution >= 4 is 6.09 Å². The Morgan fingerprint density at radius 3 is 2.30 bits per heavy atom. The molecule has 46 heavy (non-hydrogen) atoms. The molecular formula is C34H33F2N7O3. The van der Waals surface area contributed by atoms with Crippen molar-refractivity contribution in [2.45, 2.75) is 51.8 Å². The van der Waals surface area contributed by atoms with Crippen LogP contribution in [0.3, 0.4) is 0 Å². The number of rotatable bonds is 6. The Labute approximate surface area is 264 Å². The molecule has 6 rings (SSSR count). The Kier molecular flexibility index (Phi) is 8.44. The topological polar surface area (TPSA) is 108 Å². The quantitative estimate of drug-likeness (QED) is 0.223. The van der Waals surface area contributed by atoms with Crippen molar-refractivity contribution in [3.63, 3.8) is 0 Å². The highest BCUT2D eigenvalue weighted by molar-refractivity contribution is 5.68. The van der Waals surface area contributed by atoms with Crippen molar-refractivity contribution in [2.24, 2.45) is 0 Å². The van der Waals surface area contributed by atoms with E-state index in [4.69, 9.17) is 4.74 Å². The zero-order chi connectivity index (χ0) is 32.4. The van der Waals surface area contributed by atoms with E-state index in [1.807, 2.05) is 55.9 Å². The van der Waals surface area contributed by atoms with Crippen LogP contribution in [0.4, 0.5) is 13.6 Å². The second-order valence-electron chi connectivity index (χ2n) is 12.3. The zero-order valence-electron chi connectivity index (χ0n) is 25.7. The lowest BCUT2D eigenvalue weighted by atomic mass is 10.1. The molecule has 1 saturated heterocycles. The Hall–Kier alpha value is -5.26. The Morgan fingerprint density at radius 1 is 0.891 bits per heavy atom. The van der Waals surface area contributed by atoms with E-state index in [0.717, 1.165) is 41.2 Å². The zero-order valence-corrected chi connectivity index (χ0v) is 25.7. The van der Waals surface area contributed by atoms with Crippen LogP contribution in [0, 0.1) is 11.6 Å². The first kappa shape index (κ1) is 30.8. The summed E-state index contributed by atoms with van der Waals surface area (Å²) < 4.78 is 36.2. The van der Waals surface area contributed by atoms with Crippen LogP contribution in [0.5, 0.6) is 0 Å². The molecule has 0 atom stereocenters. The number of hydrogen-bond acceptors (Lipinski definition) is 7. The van der Waals surface area contributed by atoms with Crippen LogP contribution >= 0.6 is 0 Å². The van der Waals surface area contributed by atoms with Crippen molar-refractivity contribution in [3.8, 4) is 33.8 Å². The smallest absolute Gasteiger partial charge is 0.410 e. The number of benzene rings is 2. The predicted molar refractivity (Wildman–Crippen MR) is 168 cm³/mol. The van der Waals surface area contributed by atoms with Crippen LogP contribution < -0.4 is 5.56 Å². The molecule has 5 aromatic rings. The van der Waals surface area contributed by atoms with Gasteiger partial charge < -0.3 is 9.64 Å². The lowest BCUT2D eigenvalue weighted by molar-refractivity contribution is 0.0184. The maximum Gasteiger partial charge on any atom is 0.410 e. The lowest BCUT2D eigenvalue weighted by Crippen LogP contribution is -2.42. The first-order chi connectivity index (χ1) is 22.0. The summed E-state index contributed by atoms with van der Waals surface area (Å²) in [6, 6.07) is 13.5. The second kappa shape index (κ2) is 12.6. The summed E-state index contributed by atoms with van der Waals surface area (Å²) >= 11 is 0. The average Bonchev–Trinajstić information content (AvgIpc) is 3.52. The summed E-state index contributed by atoms with van der Waals surface area (Å²) in [6.07, 6.45) is 8.53. The van der Waals surface area contributed by atoms with E-state index in [9.17, 15) is 18.4 Å². The number of amides is 1. The molecule has 10 nitrogen and oxygen atoms in total. The number of aromatic nitrogens is 6. The third kappa shape index (κ3) is 7.17. The maximum absolute atomic E-state index is 13.8. The minimum absolute atomic E-state index is 0.145. The predicted octanol–water partition coefficient (Wildman–Crippen LogP) is 6.13. The molecular weight excluding hydrogens is 592 g/mol. The maximum atomic E-state index is 13.8. The van der Waals surface area contributed by atoms with Gasteiger partial charge >= 0.3 is 6.09 Å². The fourth-order valence-electron chi connectivity index (χ4n) is 5.35. The standard InChI is InChI=1S/C34H33F2N7O3/c1-34(2,3)46-33(45)41-11-9-29(10-12-41)42-21-26(19-39-42)25-17-37-32(38-18-25)23-6-4-5-22(13-23)20-43-31(44)8-7-30(40-43)24-14-27(35)16-28(36)15-24/h4-8,13-19,21,29H,9-12,20H2,1-3H3. The van der Waals surface area contributed by atoms with Gasteiger partial charge in [-0.2, -0.15) is 10.2 Å². The molecule has 0 aliphatic carbocycles. The summed E-state index contributed by atoms with van der Waals surface area (Å²) in [4.78, 5) is 35.9. The lowest BCUT2D eigenvalue weighted by Gasteiger charge is -2.33. The van der Waals surface area contributed by atoms with Gasteiger partial charge in [-0.25, -0.2) is 28.2 Å². The van der Waals surface area contributed by atoms with Gasteiger partial charge in [-0.05, 0) is 63.4 Å². The fourth-order valence-corrected chi connectivity index (χ4v) is 5.35. The molecule has 0 bridgehead atoms. The normalized spacial score (nSPS) is 14.0. The summed E-state index contributed by atoms with van der Waals surface area (Å²) in [7, 11) is 0. The van der Waals surface area contributed by atoms with Crippen LogP contribution in [-0.2, 0) is 11.3 Å². The minimum Gasteiger partial charge on any atom is -0.444 e. The van der Waals surface area contributed by atoms with Gasteiger partial charge in [0.25, 0.3) is 5.56 Å². The monoisotopic (exact) mass is 625 g/mol. The minimum atomic E-state index is -0.723. The third-order valence-electron chi connectivity index (χ3n) is 7.62. The van der Waals surface area contributed by atoms with Crippen LogP contribution in [0.25, 0.3) is 33.8 Å². The number of ether oxygens (including phenoxy) is 1. The van der Waals surface area contributed by atoms with Crippen molar-refractivity contribution in [1.29, 1.82) is 0 Å². The molecule has 4 heterocycles. The first-order valence-corrected chi connectivity index (χ1v) is 15.0. The third-order valence-corrected chi connectivity index (χ3v) is 7.62. The van der Waals surface area contributed by atoms with Gasteiger partial charge in [0.2, 0.25) is 0 Å². The molecule has 3 aromatic heterocycles. The van der Waals surface area contributed by atoms with E-state index < -0.39 is 17.2 Å². The first-order valence-electron chi connectivity index (χ1n) is 15.0. The number of likely N-dealkylation sites (tertiary alicyclic amines) is 1. The molecule has 1 fully saturated rings. The van der Waals surface area contributed by atoms with Gasteiger partial charge in [0, 0.05) is 66.1 Å². The van der Waals surface area contributed by atoms with Gasteiger partial charge in [0.15, 0.2) is 5.82 Å². The molecule has 1 amide bonds. The van der Waals surface area contributed by atoms with E-state index >= 15 is 0 Å². The largest absolute Gasteiger partial charge is 0.444 e. The molecule has 0 spiro atoms. The number of halogens is 2. The Balaban J connectivity index is 1.12. The van der Waals surface area contributed by atoms with Crippen LogP contribution in [-0.4, -0.2) is 59.2 Å². The molecule has 12 heteroatoms. The van der Waals surface area contributed by atoms with E-state index in [1.54, 1.807) is 23.5 Å².